The van der Waals surface area contributed by atoms with Crippen LogP contribution < -0.4 is 31.6 Å². The minimum absolute atomic E-state index is 0.0743. The summed E-state index contributed by atoms with van der Waals surface area (Å²) in [6.45, 7) is 5.07. The van der Waals surface area contributed by atoms with E-state index in [1.807, 2.05) is 13.8 Å². The Morgan fingerprint density at radius 1 is 0.880 bits per heavy atom. The van der Waals surface area contributed by atoms with E-state index in [-0.39, 0.29) is 38.3 Å². The summed E-state index contributed by atoms with van der Waals surface area (Å²) in [6.07, 6.45) is 3.06. The molecule has 0 saturated carbocycles. The molecule has 2 fully saturated rings. The van der Waals surface area contributed by atoms with Crippen molar-refractivity contribution in [2.24, 2.45) is 18.7 Å². The Hall–Kier alpha value is -5.09. The van der Waals surface area contributed by atoms with Gasteiger partial charge in [0.1, 0.15) is 43.8 Å². The number of carboxylic acid groups (broad SMARTS) is 1. The number of hydrogen-bond donors (Lipinski definition) is 6. The van der Waals surface area contributed by atoms with Crippen LogP contribution in [-0.2, 0) is 40.6 Å². The second-order valence-corrected chi connectivity index (χ2v) is 13.1. The summed E-state index contributed by atoms with van der Waals surface area (Å²) in [5.41, 5.74) is 5.69. The van der Waals surface area contributed by atoms with Gasteiger partial charge in [0, 0.05) is 31.6 Å². The highest BCUT2D eigenvalue weighted by Crippen LogP contribution is 2.22. The Kier molecular flexibility index (Phi) is 14.2. The van der Waals surface area contributed by atoms with Gasteiger partial charge in [0.2, 0.25) is 35.4 Å². The summed E-state index contributed by atoms with van der Waals surface area (Å²) in [4.78, 5) is 105. The predicted molar refractivity (Wildman–Crippen MR) is 176 cm³/mol. The number of nitrogens with one attached hydrogen (secondary N) is 4. The first kappa shape index (κ1) is 39.3. The van der Waals surface area contributed by atoms with Crippen molar-refractivity contribution < 1.29 is 48.0 Å². The monoisotopic (exact) mass is 701 g/mol. The number of primary amides is 1. The van der Waals surface area contributed by atoms with Gasteiger partial charge in [-0.15, -0.1) is 0 Å². The lowest BCUT2D eigenvalue weighted by molar-refractivity contribution is -0.673. The van der Waals surface area contributed by atoms with E-state index in [4.69, 9.17) is 10.8 Å². The van der Waals surface area contributed by atoms with Crippen LogP contribution in [0.2, 0.25) is 0 Å². The zero-order valence-corrected chi connectivity index (χ0v) is 29.0. The van der Waals surface area contributed by atoms with Crippen LogP contribution in [0.4, 0.5) is 0 Å². The van der Waals surface area contributed by atoms with E-state index in [9.17, 15) is 38.4 Å². The van der Waals surface area contributed by atoms with Gasteiger partial charge in [-0.1, -0.05) is 13.8 Å². The molecule has 0 bridgehead atoms. The van der Waals surface area contributed by atoms with Gasteiger partial charge in [0.15, 0.2) is 6.20 Å². The zero-order valence-electron chi connectivity index (χ0n) is 29.0. The van der Waals surface area contributed by atoms with Crippen molar-refractivity contribution in [1.29, 1.82) is 0 Å². The highest BCUT2D eigenvalue weighted by atomic mass is 16.4. The molecule has 50 heavy (non-hydrogen) atoms. The Balaban J connectivity index is 1.73. The number of pyridine rings is 1. The van der Waals surface area contributed by atoms with Crippen LogP contribution in [0.15, 0.2) is 24.4 Å². The van der Waals surface area contributed by atoms with E-state index in [0.29, 0.717) is 31.4 Å². The fourth-order valence-electron chi connectivity index (χ4n) is 6.22. The summed E-state index contributed by atoms with van der Waals surface area (Å²) in [5, 5.41) is 19.2. The second kappa shape index (κ2) is 18.1. The molecule has 17 nitrogen and oxygen atoms in total. The summed E-state index contributed by atoms with van der Waals surface area (Å²) >= 11 is 0. The third-order valence-electron chi connectivity index (χ3n) is 8.73. The zero-order chi connectivity index (χ0) is 37.1. The molecule has 0 aliphatic carbocycles. The molecular formula is C33H49N8O9+. The third-order valence-corrected chi connectivity index (χ3v) is 8.73. The molecule has 5 atom stereocenters. The number of hydrogen-bond acceptors (Lipinski definition) is 8. The van der Waals surface area contributed by atoms with Gasteiger partial charge >= 0.3 is 11.9 Å². The number of nitrogens with two attached hydrogens (primary N) is 1. The smallest absolute Gasteiger partial charge is 0.322 e. The van der Waals surface area contributed by atoms with E-state index >= 15 is 0 Å². The number of carbonyl (C=O) groups excluding carboxylic acids is 7. The average molecular weight is 702 g/mol. The fraction of sp³-hybridized carbons (Fsp3) is 0.606. The Morgan fingerprint density at radius 2 is 1.50 bits per heavy atom. The Morgan fingerprint density at radius 3 is 2.08 bits per heavy atom. The average Bonchev–Trinajstić information content (AvgIpc) is 3.75. The maximum atomic E-state index is 13.7. The minimum Gasteiger partial charge on any atom is -0.480 e. The molecule has 0 unspecified atom stereocenters. The number of aliphatic carboxylic acids is 1. The first-order valence-corrected chi connectivity index (χ1v) is 16.9. The molecule has 7 amide bonds. The standard InChI is InChI=1S/C33H48N8O9/c1-19(2)17-22(33(50)41-16-7-10-24(41)29(46)35-18-27(43)44)38-28(45)21(12-13-26(34)42)37-31(48)25-11-8-15-40(25)32(49)20(3)36-30(47)23-9-5-6-14-39(23)4/h5-6,9,14,19-22,24-25H,7-8,10-13,15-18H2,1-4H3,(H6-,34,35,36,37,38,42,43,44,45,46,47,48)/p+1/t20-,21-,22-,24-,25-/m0/s1. The number of nitrogens with zero attached hydrogens (tertiary/aromatic N) is 3. The molecule has 2 aliphatic heterocycles. The second-order valence-electron chi connectivity index (χ2n) is 13.1. The third kappa shape index (κ3) is 10.7. The molecule has 3 rings (SSSR count). The molecule has 274 valence electrons. The molecule has 1 aromatic rings. The molecule has 2 aliphatic rings. The van der Waals surface area contributed by atoms with Gasteiger partial charge in [-0.2, -0.15) is 4.57 Å². The maximum Gasteiger partial charge on any atom is 0.322 e. The first-order valence-electron chi connectivity index (χ1n) is 16.9. The topological polar surface area (TPSA) is 241 Å². The summed E-state index contributed by atoms with van der Waals surface area (Å²) in [7, 11) is 1.70. The van der Waals surface area contributed by atoms with Crippen LogP contribution in [0, 0.1) is 5.92 Å². The van der Waals surface area contributed by atoms with Crippen molar-refractivity contribution in [2.75, 3.05) is 19.6 Å². The molecular weight excluding hydrogens is 652 g/mol. The van der Waals surface area contributed by atoms with Gasteiger partial charge in [-0.3, -0.25) is 38.4 Å². The Labute approximate surface area is 290 Å². The number of amides is 7. The number of carboxylic acids is 1. The first-order chi connectivity index (χ1) is 23.6. The molecule has 1 aromatic heterocycles. The lowest BCUT2D eigenvalue weighted by Gasteiger charge is -2.31. The van der Waals surface area contributed by atoms with E-state index in [1.165, 1.54) is 16.7 Å². The van der Waals surface area contributed by atoms with Crippen molar-refractivity contribution in [3.8, 4) is 0 Å². The van der Waals surface area contributed by atoms with Crippen molar-refractivity contribution in [3.63, 3.8) is 0 Å². The highest BCUT2D eigenvalue weighted by molar-refractivity contribution is 5.98. The van der Waals surface area contributed by atoms with Crippen LogP contribution in [-0.4, -0.2) is 112 Å². The molecule has 0 radical (unpaired) electrons. The number of carbonyl (C=O) groups is 8. The summed E-state index contributed by atoms with van der Waals surface area (Å²) in [6, 6.07) is -0.156. The van der Waals surface area contributed by atoms with Gasteiger partial charge in [0.25, 0.3) is 5.69 Å². The van der Waals surface area contributed by atoms with Gasteiger partial charge in [-0.05, 0) is 57.4 Å². The molecule has 2 saturated heterocycles. The van der Waals surface area contributed by atoms with Crippen molar-refractivity contribution in [2.45, 2.75) is 95.9 Å². The van der Waals surface area contributed by atoms with Gasteiger partial charge in [0.05, 0.1) is 0 Å². The normalized spacial score (nSPS) is 18.9. The van der Waals surface area contributed by atoms with Crippen molar-refractivity contribution >= 4 is 47.3 Å². The lowest BCUT2D eigenvalue weighted by Crippen LogP contribution is -2.59. The number of aryl methyl sites for hydroxylation is 1. The van der Waals surface area contributed by atoms with E-state index in [0.717, 1.165) is 0 Å². The number of aromatic nitrogens is 1. The van der Waals surface area contributed by atoms with Crippen LogP contribution in [0.5, 0.6) is 0 Å². The molecule has 3 heterocycles. The van der Waals surface area contributed by atoms with E-state index in [1.54, 1.807) is 36.0 Å². The molecule has 7 N–H and O–H groups in total. The van der Waals surface area contributed by atoms with Gasteiger partial charge < -0.3 is 41.9 Å². The molecule has 17 heteroatoms. The van der Waals surface area contributed by atoms with Crippen LogP contribution in [0.3, 0.4) is 0 Å². The SMILES string of the molecule is CC(C)C[C@H](NC(=O)[C@H](CCC(N)=O)NC(=O)[C@@H]1CCCN1C(=O)[C@H](C)NC(=O)c1cccc[n+]1C)C(=O)N1CCC[C@H]1C(=O)NCC(=O)O. The van der Waals surface area contributed by atoms with Crippen LogP contribution in [0.1, 0.15) is 76.2 Å². The minimum atomic E-state index is -1.29. The van der Waals surface area contributed by atoms with Crippen LogP contribution >= 0.6 is 0 Å². The quantitative estimate of drug-likeness (QED) is 0.105. The number of likely N-dealkylation sites (tertiary alicyclic amines) is 2. The number of rotatable bonds is 16. The molecule has 0 spiro atoms. The van der Waals surface area contributed by atoms with E-state index in [2.05, 4.69) is 21.3 Å². The van der Waals surface area contributed by atoms with E-state index < -0.39 is 84.1 Å². The predicted octanol–water partition coefficient (Wildman–Crippen LogP) is -1.91. The highest BCUT2D eigenvalue weighted by Gasteiger charge is 2.41. The lowest BCUT2D eigenvalue weighted by atomic mass is 10.0. The van der Waals surface area contributed by atoms with Gasteiger partial charge in [-0.25, -0.2) is 0 Å². The Bertz CT molecular complexity index is 1470. The summed E-state index contributed by atoms with van der Waals surface area (Å²) in [5.74, 6) is -5.51. The van der Waals surface area contributed by atoms with Crippen molar-refractivity contribution in [1.82, 2.24) is 31.1 Å². The summed E-state index contributed by atoms with van der Waals surface area (Å²) < 4.78 is 1.61. The fourth-order valence-corrected chi connectivity index (χ4v) is 6.22. The molecule has 0 aromatic carbocycles. The van der Waals surface area contributed by atoms with Crippen LogP contribution in [0.25, 0.3) is 0 Å². The largest absolute Gasteiger partial charge is 0.480 e. The maximum absolute atomic E-state index is 13.7. The van der Waals surface area contributed by atoms with Crippen molar-refractivity contribution in [3.05, 3.63) is 30.1 Å².